The minimum Gasteiger partial charge on any atom is -0.497 e. The lowest BCUT2D eigenvalue weighted by molar-refractivity contribution is 0.0954. The number of nitrogens with zero attached hydrogens (tertiary/aromatic N) is 2. The monoisotopic (exact) mass is 415 g/mol. The number of benzene rings is 2. The van der Waals surface area contributed by atoms with E-state index in [1.807, 2.05) is 36.1 Å². The van der Waals surface area contributed by atoms with E-state index >= 15 is 0 Å². The largest absolute Gasteiger partial charge is 0.497 e. The molecule has 0 radical (unpaired) electrons. The predicted molar refractivity (Wildman–Crippen MR) is 113 cm³/mol. The molecule has 2 aromatic carbocycles. The van der Waals surface area contributed by atoms with Crippen LogP contribution in [0.2, 0.25) is 0 Å². The highest BCUT2D eigenvalue weighted by Crippen LogP contribution is 2.32. The van der Waals surface area contributed by atoms with Crippen LogP contribution in [0, 0.1) is 0 Å². The van der Waals surface area contributed by atoms with Gasteiger partial charge in [-0.2, -0.15) is 8.42 Å². The minimum absolute atomic E-state index is 0.0688. The molecule has 2 aromatic rings. The van der Waals surface area contributed by atoms with Gasteiger partial charge in [0.15, 0.2) is 0 Å². The zero-order valence-corrected chi connectivity index (χ0v) is 17.6. The van der Waals surface area contributed by atoms with E-state index in [1.54, 1.807) is 26.2 Å². The second kappa shape index (κ2) is 8.65. The zero-order chi connectivity index (χ0) is 21.0. The van der Waals surface area contributed by atoms with Crippen molar-refractivity contribution in [3.8, 4) is 5.75 Å². The molecule has 3 rings (SSSR count). The van der Waals surface area contributed by atoms with Gasteiger partial charge in [0, 0.05) is 18.7 Å². The summed E-state index contributed by atoms with van der Waals surface area (Å²) >= 11 is 0. The van der Waals surface area contributed by atoms with Crippen LogP contribution in [0.25, 0.3) is 0 Å². The van der Waals surface area contributed by atoms with Crippen LogP contribution in [-0.2, 0) is 16.4 Å². The quantitative estimate of drug-likeness (QED) is 0.751. The van der Waals surface area contributed by atoms with Crippen molar-refractivity contribution >= 4 is 27.5 Å². The summed E-state index contributed by atoms with van der Waals surface area (Å²) in [6.07, 6.45) is 1.51. The van der Waals surface area contributed by atoms with E-state index in [0.717, 1.165) is 17.7 Å². The van der Waals surface area contributed by atoms with Crippen LogP contribution in [0.15, 0.2) is 51.8 Å². The first-order valence-electron chi connectivity index (χ1n) is 9.50. The summed E-state index contributed by atoms with van der Waals surface area (Å²) in [5.74, 6) is 0.906. The first-order valence-corrected chi connectivity index (χ1v) is 10.9. The summed E-state index contributed by atoms with van der Waals surface area (Å²) < 4.78 is 34.0. The normalized spacial score (nSPS) is 14.7. The number of carbonyl (C=O) groups excluding carboxylic acids is 1. The molecule has 0 bridgehead atoms. The molecule has 1 heterocycles. The SMILES string of the molecule is CCCN1C(C)=NS(=O)(=O)c2cc(C(=O)NCCc3ccc(OC)cc3)ccc21. The third kappa shape index (κ3) is 4.59. The van der Waals surface area contributed by atoms with E-state index in [2.05, 4.69) is 9.71 Å². The first-order chi connectivity index (χ1) is 13.9. The summed E-state index contributed by atoms with van der Waals surface area (Å²) in [6, 6.07) is 12.4. The van der Waals surface area contributed by atoms with Gasteiger partial charge in [0.25, 0.3) is 15.9 Å². The van der Waals surface area contributed by atoms with E-state index < -0.39 is 10.0 Å². The van der Waals surface area contributed by atoms with Gasteiger partial charge >= 0.3 is 0 Å². The van der Waals surface area contributed by atoms with Crippen LogP contribution < -0.4 is 15.0 Å². The smallest absolute Gasteiger partial charge is 0.286 e. The topological polar surface area (TPSA) is 88.1 Å². The molecule has 1 amide bonds. The number of ether oxygens (including phenoxy) is 1. The van der Waals surface area contributed by atoms with Gasteiger partial charge in [0.2, 0.25) is 0 Å². The minimum atomic E-state index is -3.81. The van der Waals surface area contributed by atoms with E-state index in [-0.39, 0.29) is 10.8 Å². The van der Waals surface area contributed by atoms with E-state index in [9.17, 15) is 13.2 Å². The van der Waals surface area contributed by atoms with E-state index in [0.29, 0.717) is 36.6 Å². The Morgan fingerprint density at radius 1 is 1.17 bits per heavy atom. The second-order valence-corrected chi connectivity index (χ2v) is 8.37. The molecule has 0 spiro atoms. The zero-order valence-electron chi connectivity index (χ0n) is 16.8. The van der Waals surface area contributed by atoms with Crippen molar-refractivity contribution in [2.75, 3.05) is 25.1 Å². The fourth-order valence-electron chi connectivity index (χ4n) is 3.25. The molecule has 1 aliphatic rings. The van der Waals surface area contributed by atoms with Crippen molar-refractivity contribution < 1.29 is 17.9 Å². The van der Waals surface area contributed by atoms with Crippen molar-refractivity contribution in [2.24, 2.45) is 4.40 Å². The molecule has 0 atom stereocenters. The molecular weight excluding hydrogens is 390 g/mol. The fraction of sp³-hybridized carbons (Fsp3) is 0.333. The third-order valence-corrected chi connectivity index (χ3v) is 6.13. The molecule has 0 fully saturated rings. The molecule has 0 aliphatic carbocycles. The number of amidine groups is 1. The molecule has 0 unspecified atom stereocenters. The number of amides is 1. The lowest BCUT2D eigenvalue weighted by atomic mass is 10.1. The van der Waals surface area contributed by atoms with Crippen molar-refractivity contribution in [2.45, 2.75) is 31.6 Å². The average molecular weight is 416 g/mol. The summed E-state index contributed by atoms with van der Waals surface area (Å²) in [4.78, 5) is 14.5. The van der Waals surface area contributed by atoms with Gasteiger partial charge in [-0.15, -0.1) is 4.40 Å². The average Bonchev–Trinajstić information content (AvgIpc) is 2.71. The predicted octanol–water partition coefficient (Wildman–Crippen LogP) is 3.00. The van der Waals surface area contributed by atoms with Gasteiger partial charge in [-0.25, -0.2) is 0 Å². The number of methoxy groups -OCH3 is 1. The molecule has 7 nitrogen and oxygen atoms in total. The lowest BCUT2D eigenvalue weighted by Crippen LogP contribution is -2.35. The van der Waals surface area contributed by atoms with Crippen LogP contribution in [0.4, 0.5) is 5.69 Å². The third-order valence-electron chi connectivity index (χ3n) is 4.74. The lowest BCUT2D eigenvalue weighted by Gasteiger charge is -2.29. The number of fused-ring (bicyclic) bond motifs is 1. The van der Waals surface area contributed by atoms with E-state index in [4.69, 9.17) is 4.74 Å². The maximum Gasteiger partial charge on any atom is 0.286 e. The Balaban J connectivity index is 1.72. The Hall–Kier alpha value is -2.87. The molecule has 0 aromatic heterocycles. The Morgan fingerprint density at radius 2 is 1.90 bits per heavy atom. The number of rotatable bonds is 7. The number of hydrogen-bond donors (Lipinski definition) is 1. The fourth-order valence-corrected chi connectivity index (χ4v) is 4.52. The number of sulfonamides is 1. The van der Waals surface area contributed by atoms with Gasteiger partial charge in [-0.05, 0) is 55.7 Å². The van der Waals surface area contributed by atoms with Gasteiger partial charge < -0.3 is 15.0 Å². The summed E-state index contributed by atoms with van der Waals surface area (Å²) in [5.41, 5.74) is 1.93. The molecule has 1 N–H and O–H groups in total. The Labute approximate surface area is 171 Å². The number of nitrogens with one attached hydrogen (secondary N) is 1. The van der Waals surface area contributed by atoms with Gasteiger partial charge in [-0.1, -0.05) is 19.1 Å². The maximum absolute atomic E-state index is 12.5. The molecule has 0 saturated carbocycles. The molecule has 29 heavy (non-hydrogen) atoms. The van der Waals surface area contributed by atoms with Crippen molar-refractivity contribution in [3.05, 3.63) is 53.6 Å². The number of hydrogen-bond acceptors (Lipinski definition) is 5. The molecular formula is C21H25N3O4S. The highest BCUT2D eigenvalue weighted by molar-refractivity contribution is 7.90. The van der Waals surface area contributed by atoms with E-state index in [1.165, 1.54) is 6.07 Å². The number of carbonyl (C=O) groups is 1. The molecule has 154 valence electrons. The van der Waals surface area contributed by atoms with Gasteiger partial charge in [0.05, 0.1) is 12.8 Å². The summed E-state index contributed by atoms with van der Waals surface area (Å²) in [7, 11) is -2.20. The summed E-state index contributed by atoms with van der Waals surface area (Å²) in [5, 5.41) is 2.84. The molecule has 1 aliphatic heterocycles. The standard InChI is InChI=1S/C21H25N3O4S/c1-4-13-24-15(2)23-29(26,27)20-14-17(7-10-19(20)24)21(25)22-12-11-16-5-8-18(28-3)9-6-16/h5-10,14H,4,11-13H2,1-3H3,(H,22,25). The van der Waals surface area contributed by atoms with Crippen molar-refractivity contribution in [3.63, 3.8) is 0 Å². The Kier molecular flexibility index (Phi) is 6.22. The van der Waals surface area contributed by atoms with Gasteiger partial charge in [0.1, 0.15) is 16.5 Å². The highest BCUT2D eigenvalue weighted by atomic mass is 32.2. The van der Waals surface area contributed by atoms with Crippen molar-refractivity contribution in [1.82, 2.24) is 5.32 Å². The van der Waals surface area contributed by atoms with Gasteiger partial charge in [-0.3, -0.25) is 4.79 Å². The van der Waals surface area contributed by atoms with Crippen LogP contribution in [-0.4, -0.2) is 40.4 Å². The Bertz CT molecular complexity index is 1030. The molecule has 0 saturated heterocycles. The second-order valence-electron chi connectivity index (χ2n) is 6.80. The molecule has 8 heteroatoms. The van der Waals surface area contributed by atoms with Crippen LogP contribution in [0.5, 0.6) is 5.75 Å². The van der Waals surface area contributed by atoms with Crippen LogP contribution >= 0.6 is 0 Å². The van der Waals surface area contributed by atoms with Crippen LogP contribution in [0.3, 0.4) is 0 Å². The van der Waals surface area contributed by atoms with Crippen molar-refractivity contribution in [1.29, 1.82) is 0 Å². The maximum atomic E-state index is 12.5. The van der Waals surface area contributed by atoms with Crippen LogP contribution in [0.1, 0.15) is 36.2 Å². The highest BCUT2D eigenvalue weighted by Gasteiger charge is 2.29. The number of anilines is 1. The summed E-state index contributed by atoms with van der Waals surface area (Å²) in [6.45, 7) is 4.79. The Morgan fingerprint density at radius 3 is 2.55 bits per heavy atom. The first kappa shape index (κ1) is 20.9.